The number of hydrogen-bond acceptors (Lipinski definition) is 7. The lowest BCUT2D eigenvalue weighted by atomic mass is 10.1. The van der Waals surface area contributed by atoms with E-state index in [0.717, 1.165) is 0 Å². The molecule has 0 saturated heterocycles. The molecule has 0 saturated carbocycles. The number of nitrogens with one attached hydrogen (secondary N) is 1. The minimum absolute atomic E-state index is 0.00523. The first-order valence-electron chi connectivity index (χ1n) is 7.29. The van der Waals surface area contributed by atoms with Gasteiger partial charge in [-0.2, -0.15) is 0 Å². The number of ether oxygens (including phenoxy) is 1. The summed E-state index contributed by atoms with van der Waals surface area (Å²) in [6, 6.07) is 3.88. The molecular formula is C16H16N2O7S. The monoisotopic (exact) mass is 380 g/mol. The Morgan fingerprint density at radius 1 is 1.35 bits per heavy atom. The molecule has 0 spiro atoms. The lowest BCUT2D eigenvalue weighted by molar-refractivity contribution is -0.385. The van der Waals surface area contributed by atoms with E-state index in [9.17, 15) is 19.7 Å². The van der Waals surface area contributed by atoms with Crippen molar-refractivity contribution in [3.05, 3.63) is 51.0 Å². The van der Waals surface area contributed by atoms with E-state index in [1.807, 2.05) is 0 Å². The molecular weight excluding hydrogens is 364 g/mol. The first-order chi connectivity index (χ1) is 12.3. The number of carboxylic acid groups (broad SMARTS) is 1. The van der Waals surface area contributed by atoms with Gasteiger partial charge in [0.25, 0.3) is 11.6 Å². The molecule has 1 aromatic carbocycles. The molecule has 0 aliphatic carbocycles. The Morgan fingerprint density at radius 2 is 2.04 bits per heavy atom. The normalized spacial score (nSPS) is 10.4. The average Bonchev–Trinajstić information content (AvgIpc) is 2.99. The van der Waals surface area contributed by atoms with Crippen LogP contribution in [0.5, 0.6) is 5.75 Å². The number of nitro benzene ring substituents is 1. The fourth-order valence-electron chi connectivity index (χ4n) is 2.31. The van der Waals surface area contributed by atoms with Crippen LogP contribution in [0.25, 0.3) is 0 Å². The van der Waals surface area contributed by atoms with Crippen LogP contribution in [-0.2, 0) is 6.54 Å². The maximum atomic E-state index is 12.4. The van der Waals surface area contributed by atoms with Gasteiger partial charge in [-0.3, -0.25) is 14.9 Å². The molecule has 26 heavy (non-hydrogen) atoms. The van der Waals surface area contributed by atoms with Crippen LogP contribution in [-0.4, -0.2) is 35.3 Å². The van der Waals surface area contributed by atoms with Crippen molar-refractivity contribution in [3.8, 4) is 5.75 Å². The van der Waals surface area contributed by atoms with Crippen LogP contribution in [0.2, 0.25) is 0 Å². The zero-order valence-electron chi connectivity index (χ0n) is 14.2. The standard InChI is InChI=1S/C16H16N2O7S/c1-8-10(16(20)21)4-9(25-8)7-17-15(19)11-5-14(26-3)13(24-2)6-12(11)18(22)23/h4-6H,7H2,1-3H3,(H,17,19)(H,20,21). The highest BCUT2D eigenvalue weighted by molar-refractivity contribution is 7.98. The number of methoxy groups -OCH3 is 1. The van der Waals surface area contributed by atoms with Gasteiger partial charge in [-0.05, 0) is 25.3 Å². The molecule has 0 atom stereocenters. The highest BCUT2D eigenvalue weighted by atomic mass is 32.2. The van der Waals surface area contributed by atoms with Crippen LogP contribution in [0, 0.1) is 17.0 Å². The first kappa shape index (κ1) is 19.3. The number of carbonyl (C=O) groups is 2. The number of nitrogens with zero attached hydrogens (tertiary/aromatic N) is 1. The summed E-state index contributed by atoms with van der Waals surface area (Å²) in [5.74, 6) is -1.08. The van der Waals surface area contributed by atoms with Gasteiger partial charge in [-0.25, -0.2) is 4.79 Å². The van der Waals surface area contributed by atoms with E-state index in [1.165, 1.54) is 44.0 Å². The number of furan rings is 1. The van der Waals surface area contributed by atoms with E-state index in [4.69, 9.17) is 14.3 Å². The molecule has 0 aliphatic rings. The van der Waals surface area contributed by atoms with E-state index >= 15 is 0 Å². The van der Waals surface area contributed by atoms with Gasteiger partial charge in [0.2, 0.25) is 0 Å². The zero-order valence-corrected chi connectivity index (χ0v) is 15.0. The molecule has 0 bridgehead atoms. The molecule has 0 aliphatic heterocycles. The quantitative estimate of drug-likeness (QED) is 0.426. The summed E-state index contributed by atoms with van der Waals surface area (Å²) in [7, 11) is 1.39. The fraction of sp³-hybridized carbons (Fsp3) is 0.250. The molecule has 0 radical (unpaired) electrons. The van der Waals surface area contributed by atoms with Crippen LogP contribution >= 0.6 is 11.8 Å². The Balaban J connectivity index is 2.27. The minimum Gasteiger partial charge on any atom is -0.495 e. The third kappa shape index (κ3) is 3.97. The summed E-state index contributed by atoms with van der Waals surface area (Å²) in [4.78, 5) is 34.6. The van der Waals surface area contributed by atoms with Crippen molar-refractivity contribution in [1.29, 1.82) is 0 Å². The predicted octanol–water partition coefficient (Wildman–Crippen LogP) is 2.85. The molecule has 0 fully saturated rings. The van der Waals surface area contributed by atoms with Crippen LogP contribution < -0.4 is 10.1 Å². The summed E-state index contributed by atoms with van der Waals surface area (Å²) >= 11 is 1.28. The topological polar surface area (TPSA) is 132 Å². The summed E-state index contributed by atoms with van der Waals surface area (Å²) in [5, 5.41) is 22.8. The van der Waals surface area contributed by atoms with Crippen molar-refractivity contribution < 1.29 is 28.8 Å². The van der Waals surface area contributed by atoms with Crippen LogP contribution in [0.1, 0.15) is 32.2 Å². The predicted molar refractivity (Wildman–Crippen MR) is 93.0 cm³/mol. The Morgan fingerprint density at radius 3 is 2.54 bits per heavy atom. The average molecular weight is 380 g/mol. The van der Waals surface area contributed by atoms with Gasteiger partial charge in [0.05, 0.1) is 29.5 Å². The number of nitro groups is 1. The summed E-state index contributed by atoms with van der Waals surface area (Å²) in [6.07, 6.45) is 1.75. The molecule has 9 nitrogen and oxygen atoms in total. The van der Waals surface area contributed by atoms with Gasteiger partial charge in [0.1, 0.15) is 28.4 Å². The van der Waals surface area contributed by atoms with Crippen molar-refractivity contribution >= 4 is 29.3 Å². The highest BCUT2D eigenvalue weighted by Crippen LogP contribution is 2.34. The smallest absolute Gasteiger partial charge is 0.339 e. The number of benzene rings is 1. The Labute approximate surface area is 152 Å². The second-order valence-electron chi connectivity index (χ2n) is 5.15. The van der Waals surface area contributed by atoms with Crippen molar-refractivity contribution in [2.45, 2.75) is 18.4 Å². The van der Waals surface area contributed by atoms with Gasteiger partial charge in [0.15, 0.2) is 0 Å². The third-order valence-corrected chi connectivity index (χ3v) is 4.32. The van der Waals surface area contributed by atoms with Gasteiger partial charge in [0, 0.05) is 0 Å². The van der Waals surface area contributed by atoms with E-state index < -0.39 is 16.8 Å². The number of rotatable bonds is 7. The van der Waals surface area contributed by atoms with E-state index in [2.05, 4.69) is 5.32 Å². The van der Waals surface area contributed by atoms with Crippen LogP contribution in [0.3, 0.4) is 0 Å². The number of thioether (sulfide) groups is 1. The Bertz CT molecular complexity index is 876. The third-order valence-electron chi connectivity index (χ3n) is 3.57. The fourth-order valence-corrected chi connectivity index (χ4v) is 2.89. The number of aryl methyl sites for hydroxylation is 1. The maximum absolute atomic E-state index is 12.4. The van der Waals surface area contributed by atoms with Crippen LogP contribution in [0.4, 0.5) is 5.69 Å². The lowest BCUT2D eigenvalue weighted by Crippen LogP contribution is -2.23. The van der Waals surface area contributed by atoms with Gasteiger partial charge < -0.3 is 19.6 Å². The molecule has 1 aromatic heterocycles. The van der Waals surface area contributed by atoms with E-state index in [0.29, 0.717) is 10.6 Å². The summed E-state index contributed by atoms with van der Waals surface area (Å²) < 4.78 is 10.4. The number of carboxylic acids is 1. The number of carbonyl (C=O) groups excluding carboxylic acids is 1. The second kappa shape index (κ2) is 7.91. The maximum Gasteiger partial charge on any atom is 0.339 e. The van der Waals surface area contributed by atoms with Crippen molar-refractivity contribution in [3.63, 3.8) is 0 Å². The minimum atomic E-state index is -1.14. The van der Waals surface area contributed by atoms with E-state index in [1.54, 1.807) is 6.26 Å². The molecule has 2 N–H and O–H groups in total. The zero-order chi connectivity index (χ0) is 19.4. The molecule has 138 valence electrons. The summed E-state index contributed by atoms with van der Waals surface area (Å²) in [6.45, 7) is 1.39. The molecule has 0 unspecified atom stereocenters. The van der Waals surface area contributed by atoms with E-state index in [-0.39, 0.29) is 34.9 Å². The molecule has 2 aromatic rings. The SMILES string of the molecule is COc1cc([N+](=O)[O-])c(C(=O)NCc2cc(C(=O)O)c(C)o2)cc1SC. The Kier molecular flexibility index (Phi) is 5.88. The molecule has 1 heterocycles. The number of hydrogen-bond donors (Lipinski definition) is 2. The highest BCUT2D eigenvalue weighted by Gasteiger charge is 2.24. The Hall–Kier alpha value is -3.01. The molecule has 1 amide bonds. The van der Waals surface area contributed by atoms with Crippen molar-refractivity contribution in [2.75, 3.05) is 13.4 Å². The van der Waals surface area contributed by atoms with Crippen molar-refractivity contribution in [2.24, 2.45) is 0 Å². The second-order valence-corrected chi connectivity index (χ2v) is 6.00. The summed E-state index contributed by atoms with van der Waals surface area (Å²) in [5.41, 5.74) is -0.518. The molecule has 2 rings (SSSR count). The van der Waals surface area contributed by atoms with Gasteiger partial charge in [-0.1, -0.05) is 0 Å². The number of aromatic carboxylic acids is 1. The van der Waals surface area contributed by atoms with Gasteiger partial charge >= 0.3 is 5.97 Å². The van der Waals surface area contributed by atoms with Crippen molar-refractivity contribution in [1.82, 2.24) is 5.32 Å². The van der Waals surface area contributed by atoms with Crippen LogP contribution in [0.15, 0.2) is 27.5 Å². The van der Waals surface area contributed by atoms with Gasteiger partial charge in [-0.15, -0.1) is 11.8 Å². The molecule has 10 heteroatoms. The lowest BCUT2D eigenvalue weighted by Gasteiger charge is -2.10. The largest absolute Gasteiger partial charge is 0.495 e. The number of amides is 1. The first-order valence-corrected chi connectivity index (χ1v) is 8.52.